The molecule has 1 saturated heterocycles. The summed E-state index contributed by atoms with van der Waals surface area (Å²) < 4.78 is 10.4. The topological polar surface area (TPSA) is 96.5 Å². The normalized spacial score (nSPS) is 13.6. The first-order valence-electron chi connectivity index (χ1n) is 9.77. The van der Waals surface area contributed by atoms with Crippen molar-refractivity contribution in [2.45, 2.75) is 0 Å². The zero-order chi connectivity index (χ0) is 20.8. The van der Waals surface area contributed by atoms with Crippen molar-refractivity contribution >= 4 is 29.2 Å². The number of nitrogens with zero attached hydrogens (tertiary/aromatic N) is 4. The summed E-state index contributed by atoms with van der Waals surface area (Å²) in [5, 5.41) is 9.87. The molecule has 0 saturated carbocycles. The summed E-state index contributed by atoms with van der Waals surface area (Å²) in [6.07, 6.45) is 0. The van der Waals surface area contributed by atoms with Crippen molar-refractivity contribution in [1.82, 2.24) is 20.3 Å². The number of nitrogens with one attached hydrogen (secondary N) is 3. The van der Waals surface area contributed by atoms with E-state index in [0.29, 0.717) is 17.8 Å². The quantitative estimate of drug-likeness (QED) is 0.546. The van der Waals surface area contributed by atoms with E-state index in [1.165, 1.54) is 0 Å². The Hall–Kier alpha value is -3.59. The first kappa shape index (κ1) is 19.7. The number of piperazine rings is 1. The molecular weight excluding hydrogens is 382 g/mol. The summed E-state index contributed by atoms with van der Waals surface area (Å²) in [6.45, 7) is 3.48. The Balaban J connectivity index is 1.60. The first-order chi connectivity index (χ1) is 14.7. The Morgan fingerprint density at radius 1 is 0.733 bits per heavy atom. The number of methoxy groups -OCH3 is 2. The van der Waals surface area contributed by atoms with Gasteiger partial charge in [0.05, 0.1) is 14.2 Å². The third kappa shape index (κ3) is 4.87. The molecule has 0 radical (unpaired) electrons. The Bertz CT molecular complexity index is 890. The molecule has 3 N–H and O–H groups in total. The van der Waals surface area contributed by atoms with Gasteiger partial charge in [-0.05, 0) is 48.5 Å². The lowest BCUT2D eigenvalue weighted by atomic mass is 10.3. The van der Waals surface area contributed by atoms with Crippen LogP contribution in [0.15, 0.2) is 48.5 Å². The zero-order valence-electron chi connectivity index (χ0n) is 17.1. The minimum Gasteiger partial charge on any atom is -0.497 e. The van der Waals surface area contributed by atoms with Gasteiger partial charge < -0.3 is 30.3 Å². The average molecular weight is 407 g/mol. The summed E-state index contributed by atoms with van der Waals surface area (Å²) >= 11 is 0. The van der Waals surface area contributed by atoms with Crippen LogP contribution in [0.1, 0.15) is 0 Å². The number of hydrogen-bond acceptors (Lipinski definition) is 9. The van der Waals surface area contributed by atoms with E-state index < -0.39 is 0 Å². The Kier molecular flexibility index (Phi) is 6.09. The van der Waals surface area contributed by atoms with E-state index in [9.17, 15) is 0 Å². The molecule has 2 heterocycles. The van der Waals surface area contributed by atoms with E-state index in [2.05, 4.69) is 35.8 Å². The molecule has 0 amide bonds. The first-order valence-corrected chi connectivity index (χ1v) is 9.77. The van der Waals surface area contributed by atoms with E-state index in [0.717, 1.165) is 49.1 Å². The van der Waals surface area contributed by atoms with Crippen molar-refractivity contribution in [3.63, 3.8) is 0 Å². The number of benzene rings is 2. The standard InChI is InChI=1S/C21H25N7O2/c1-29-17-7-3-15(4-8-17)23-19-25-20(24-16-5-9-18(30-2)10-6-16)27-21(26-19)28-13-11-22-12-14-28/h3-10,22H,11-14H2,1-2H3,(H2,23,24,25,26,27). The summed E-state index contributed by atoms with van der Waals surface area (Å²) in [7, 11) is 3.29. The number of anilines is 5. The van der Waals surface area contributed by atoms with Gasteiger partial charge in [0.2, 0.25) is 17.8 Å². The molecule has 0 aliphatic carbocycles. The van der Waals surface area contributed by atoms with Gasteiger partial charge in [-0.1, -0.05) is 0 Å². The van der Waals surface area contributed by atoms with Crippen molar-refractivity contribution in [2.24, 2.45) is 0 Å². The summed E-state index contributed by atoms with van der Waals surface area (Å²) in [5.74, 6) is 3.16. The molecule has 9 nitrogen and oxygen atoms in total. The number of rotatable bonds is 7. The fourth-order valence-electron chi connectivity index (χ4n) is 3.09. The lowest BCUT2D eigenvalue weighted by molar-refractivity contribution is 0.415. The SMILES string of the molecule is COc1ccc(Nc2nc(Nc3ccc(OC)cc3)nc(N3CCNCC3)n2)cc1. The number of hydrogen-bond donors (Lipinski definition) is 3. The molecular formula is C21H25N7O2. The monoisotopic (exact) mass is 407 g/mol. The molecule has 0 bridgehead atoms. The Morgan fingerprint density at radius 3 is 1.63 bits per heavy atom. The maximum Gasteiger partial charge on any atom is 0.233 e. The molecule has 156 valence electrons. The van der Waals surface area contributed by atoms with Crippen LogP contribution in [0.4, 0.5) is 29.2 Å². The van der Waals surface area contributed by atoms with Crippen LogP contribution in [0, 0.1) is 0 Å². The van der Waals surface area contributed by atoms with Crippen LogP contribution in [-0.2, 0) is 0 Å². The van der Waals surface area contributed by atoms with Gasteiger partial charge in [0.1, 0.15) is 11.5 Å². The minimum atomic E-state index is 0.472. The summed E-state index contributed by atoms with van der Waals surface area (Å²) in [4.78, 5) is 16.0. The fraction of sp³-hybridized carbons (Fsp3) is 0.286. The predicted octanol–water partition coefficient (Wildman–Crippen LogP) is 2.79. The van der Waals surface area contributed by atoms with Gasteiger partial charge in [-0.15, -0.1) is 0 Å². The maximum absolute atomic E-state index is 5.22. The van der Waals surface area contributed by atoms with Crippen molar-refractivity contribution in [1.29, 1.82) is 0 Å². The maximum atomic E-state index is 5.22. The average Bonchev–Trinajstić information content (AvgIpc) is 2.80. The van der Waals surface area contributed by atoms with Crippen LogP contribution in [0.3, 0.4) is 0 Å². The molecule has 0 atom stereocenters. The minimum absolute atomic E-state index is 0.472. The van der Waals surface area contributed by atoms with Gasteiger partial charge in [-0.25, -0.2) is 0 Å². The molecule has 1 fully saturated rings. The largest absolute Gasteiger partial charge is 0.497 e. The lowest BCUT2D eigenvalue weighted by Gasteiger charge is -2.27. The van der Waals surface area contributed by atoms with Crippen molar-refractivity contribution in [3.8, 4) is 11.5 Å². The van der Waals surface area contributed by atoms with Crippen LogP contribution in [0.5, 0.6) is 11.5 Å². The van der Waals surface area contributed by atoms with Crippen LogP contribution < -0.4 is 30.3 Å². The van der Waals surface area contributed by atoms with E-state index in [-0.39, 0.29) is 0 Å². The van der Waals surface area contributed by atoms with Gasteiger partial charge in [0.25, 0.3) is 0 Å². The van der Waals surface area contributed by atoms with E-state index in [4.69, 9.17) is 9.47 Å². The number of ether oxygens (including phenoxy) is 2. The van der Waals surface area contributed by atoms with Crippen molar-refractivity contribution in [2.75, 3.05) is 55.9 Å². The molecule has 0 unspecified atom stereocenters. The van der Waals surface area contributed by atoms with E-state index >= 15 is 0 Å². The molecule has 3 aromatic rings. The second-order valence-electron chi connectivity index (χ2n) is 6.73. The highest BCUT2D eigenvalue weighted by Gasteiger charge is 2.16. The van der Waals surface area contributed by atoms with Gasteiger partial charge in [0.15, 0.2) is 0 Å². The highest BCUT2D eigenvalue weighted by molar-refractivity contribution is 5.60. The lowest BCUT2D eigenvalue weighted by Crippen LogP contribution is -2.44. The molecule has 9 heteroatoms. The second-order valence-corrected chi connectivity index (χ2v) is 6.73. The molecule has 2 aromatic carbocycles. The smallest absolute Gasteiger partial charge is 0.233 e. The highest BCUT2D eigenvalue weighted by atomic mass is 16.5. The van der Waals surface area contributed by atoms with Crippen LogP contribution in [0.2, 0.25) is 0 Å². The predicted molar refractivity (Wildman–Crippen MR) is 117 cm³/mol. The second kappa shape index (κ2) is 9.27. The fourth-order valence-corrected chi connectivity index (χ4v) is 3.09. The van der Waals surface area contributed by atoms with Crippen LogP contribution in [0.25, 0.3) is 0 Å². The molecule has 1 aliphatic heterocycles. The van der Waals surface area contributed by atoms with Gasteiger partial charge in [-0.3, -0.25) is 0 Å². The zero-order valence-corrected chi connectivity index (χ0v) is 17.1. The summed E-state index contributed by atoms with van der Waals surface area (Å²) in [5.41, 5.74) is 1.73. The van der Waals surface area contributed by atoms with Crippen molar-refractivity contribution in [3.05, 3.63) is 48.5 Å². The van der Waals surface area contributed by atoms with Crippen molar-refractivity contribution < 1.29 is 9.47 Å². The van der Waals surface area contributed by atoms with Crippen LogP contribution in [-0.4, -0.2) is 55.4 Å². The molecule has 4 rings (SSSR count). The Morgan fingerprint density at radius 2 is 1.20 bits per heavy atom. The van der Waals surface area contributed by atoms with E-state index in [1.54, 1.807) is 14.2 Å². The van der Waals surface area contributed by atoms with Gasteiger partial charge in [0, 0.05) is 37.6 Å². The van der Waals surface area contributed by atoms with Gasteiger partial charge in [-0.2, -0.15) is 15.0 Å². The molecule has 1 aromatic heterocycles. The third-order valence-corrected chi connectivity index (χ3v) is 4.72. The van der Waals surface area contributed by atoms with E-state index in [1.807, 2.05) is 48.5 Å². The molecule has 0 spiro atoms. The third-order valence-electron chi connectivity index (χ3n) is 4.72. The molecule has 30 heavy (non-hydrogen) atoms. The highest BCUT2D eigenvalue weighted by Crippen LogP contribution is 2.23. The molecule has 1 aliphatic rings. The summed E-state index contributed by atoms with van der Waals surface area (Å²) in [6, 6.07) is 15.2. The van der Waals surface area contributed by atoms with Gasteiger partial charge >= 0.3 is 0 Å². The Labute approximate surface area is 175 Å². The number of aromatic nitrogens is 3. The van der Waals surface area contributed by atoms with Crippen LogP contribution >= 0.6 is 0 Å².